The molecule has 1 heterocycles. The van der Waals surface area contributed by atoms with Crippen LogP contribution in [0, 0.1) is 5.92 Å². The first-order chi connectivity index (χ1) is 13.1. The van der Waals surface area contributed by atoms with Gasteiger partial charge in [0.15, 0.2) is 0 Å². The highest BCUT2D eigenvalue weighted by atomic mass is 16.5. The second-order valence-corrected chi connectivity index (χ2v) is 6.40. The molecule has 0 spiro atoms. The SMILES string of the molecule is CCc1ccc(N2C[C@@H](C(=O)NN=Cc3ccccc3OC)CC2=O)cc1. The van der Waals surface area contributed by atoms with Crippen LogP contribution >= 0.6 is 0 Å². The van der Waals surface area contributed by atoms with Gasteiger partial charge in [-0.1, -0.05) is 31.2 Å². The Morgan fingerprint density at radius 2 is 2.00 bits per heavy atom. The maximum absolute atomic E-state index is 12.4. The monoisotopic (exact) mass is 365 g/mol. The number of hydrogen-bond acceptors (Lipinski definition) is 4. The largest absolute Gasteiger partial charge is 0.496 e. The van der Waals surface area contributed by atoms with E-state index in [-0.39, 0.29) is 18.2 Å². The topological polar surface area (TPSA) is 71.0 Å². The van der Waals surface area contributed by atoms with Gasteiger partial charge in [-0.3, -0.25) is 9.59 Å². The van der Waals surface area contributed by atoms with Crippen LogP contribution in [0.25, 0.3) is 0 Å². The molecule has 140 valence electrons. The number of hydrazone groups is 1. The standard InChI is InChI=1S/C21H23N3O3/c1-3-15-8-10-18(11-9-15)24-14-17(12-20(24)25)21(26)23-22-13-16-6-4-5-7-19(16)27-2/h4-11,13,17H,3,12,14H2,1-2H3,(H,23,26)/t17-/m0/s1. The molecule has 1 fully saturated rings. The minimum Gasteiger partial charge on any atom is -0.496 e. The summed E-state index contributed by atoms with van der Waals surface area (Å²) in [6.45, 7) is 2.45. The van der Waals surface area contributed by atoms with Crippen molar-refractivity contribution in [3.05, 3.63) is 59.7 Å². The molecule has 6 heteroatoms. The summed E-state index contributed by atoms with van der Waals surface area (Å²) in [5.41, 5.74) is 5.33. The molecule has 0 radical (unpaired) electrons. The van der Waals surface area contributed by atoms with E-state index in [9.17, 15) is 9.59 Å². The third-order valence-electron chi connectivity index (χ3n) is 4.67. The van der Waals surface area contributed by atoms with Gasteiger partial charge in [0.2, 0.25) is 11.8 Å². The zero-order valence-corrected chi connectivity index (χ0v) is 15.5. The number of anilines is 1. The minimum absolute atomic E-state index is 0.0480. The Hall–Kier alpha value is -3.15. The first-order valence-corrected chi connectivity index (χ1v) is 8.97. The molecule has 2 aromatic carbocycles. The Morgan fingerprint density at radius 3 is 2.70 bits per heavy atom. The van der Waals surface area contributed by atoms with Crippen molar-refractivity contribution >= 4 is 23.7 Å². The maximum atomic E-state index is 12.4. The lowest BCUT2D eigenvalue weighted by Gasteiger charge is -2.16. The second-order valence-electron chi connectivity index (χ2n) is 6.40. The van der Waals surface area contributed by atoms with Crippen molar-refractivity contribution in [3.63, 3.8) is 0 Å². The van der Waals surface area contributed by atoms with E-state index in [4.69, 9.17) is 4.74 Å². The first-order valence-electron chi connectivity index (χ1n) is 8.97. The number of benzene rings is 2. The number of nitrogens with one attached hydrogen (secondary N) is 1. The third kappa shape index (κ3) is 4.34. The molecule has 1 N–H and O–H groups in total. The average molecular weight is 365 g/mol. The van der Waals surface area contributed by atoms with E-state index >= 15 is 0 Å². The van der Waals surface area contributed by atoms with Gasteiger partial charge < -0.3 is 9.64 Å². The van der Waals surface area contributed by atoms with Crippen LogP contribution in [0.15, 0.2) is 53.6 Å². The van der Waals surface area contributed by atoms with Crippen LogP contribution < -0.4 is 15.1 Å². The molecule has 6 nitrogen and oxygen atoms in total. The van der Waals surface area contributed by atoms with E-state index in [1.807, 2.05) is 48.5 Å². The summed E-state index contributed by atoms with van der Waals surface area (Å²) < 4.78 is 5.24. The van der Waals surface area contributed by atoms with Crippen LogP contribution in [0.5, 0.6) is 5.75 Å². The van der Waals surface area contributed by atoms with Crippen molar-refractivity contribution in [3.8, 4) is 5.75 Å². The molecule has 0 unspecified atom stereocenters. The van der Waals surface area contributed by atoms with Crippen LogP contribution in [0.4, 0.5) is 5.69 Å². The number of ether oxygens (including phenoxy) is 1. The summed E-state index contributed by atoms with van der Waals surface area (Å²) in [6.07, 6.45) is 2.67. The summed E-state index contributed by atoms with van der Waals surface area (Å²) in [7, 11) is 1.58. The van der Waals surface area contributed by atoms with Crippen LogP contribution in [0.1, 0.15) is 24.5 Å². The number of aryl methyl sites for hydroxylation is 1. The zero-order valence-electron chi connectivity index (χ0n) is 15.5. The van der Waals surface area contributed by atoms with Crippen LogP contribution in [0.3, 0.4) is 0 Å². The summed E-state index contributed by atoms with van der Waals surface area (Å²) in [4.78, 5) is 26.4. The third-order valence-corrected chi connectivity index (χ3v) is 4.67. The van der Waals surface area contributed by atoms with E-state index in [0.29, 0.717) is 12.3 Å². The molecule has 2 amide bonds. The normalized spacial score (nSPS) is 16.7. The predicted molar refractivity (Wildman–Crippen MR) is 105 cm³/mol. The van der Waals surface area contributed by atoms with Gasteiger partial charge in [-0.25, -0.2) is 5.43 Å². The van der Waals surface area contributed by atoms with Crippen LogP contribution in [-0.2, 0) is 16.0 Å². The Bertz CT molecular complexity index is 846. The van der Waals surface area contributed by atoms with Crippen LogP contribution in [-0.4, -0.2) is 31.7 Å². The van der Waals surface area contributed by atoms with E-state index in [2.05, 4.69) is 17.5 Å². The van der Waals surface area contributed by atoms with Crippen molar-refractivity contribution in [2.24, 2.45) is 11.0 Å². The van der Waals surface area contributed by atoms with Gasteiger partial charge in [-0.15, -0.1) is 0 Å². The summed E-state index contributed by atoms with van der Waals surface area (Å²) in [5, 5.41) is 4.01. The maximum Gasteiger partial charge on any atom is 0.245 e. The summed E-state index contributed by atoms with van der Waals surface area (Å²) in [5.74, 6) is -0.0540. The van der Waals surface area contributed by atoms with Crippen molar-refractivity contribution in [1.82, 2.24) is 5.43 Å². The molecule has 2 aromatic rings. The molecule has 1 saturated heterocycles. The number of rotatable bonds is 6. The molecule has 0 bridgehead atoms. The van der Waals surface area contributed by atoms with Crippen molar-refractivity contribution < 1.29 is 14.3 Å². The molecular weight excluding hydrogens is 342 g/mol. The number of para-hydroxylation sites is 1. The lowest BCUT2D eigenvalue weighted by molar-refractivity contribution is -0.126. The lowest BCUT2D eigenvalue weighted by Crippen LogP contribution is -2.30. The molecule has 1 aliphatic rings. The van der Waals surface area contributed by atoms with Crippen molar-refractivity contribution in [2.75, 3.05) is 18.6 Å². The van der Waals surface area contributed by atoms with E-state index in [1.165, 1.54) is 11.8 Å². The Balaban J connectivity index is 1.61. The van der Waals surface area contributed by atoms with E-state index < -0.39 is 5.92 Å². The number of carbonyl (C=O) groups excluding carboxylic acids is 2. The fourth-order valence-corrected chi connectivity index (χ4v) is 3.07. The van der Waals surface area contributed by atoms with Gasteiger partial charge in [-0.2, -0.15) is 5.10 Å². The van der Waals surface area contributed by atoms with Gasteiger partial charge in [0.05, 0.1) is 19.2 Å². The predicted octanol–water partition coefficient (Wildman–Crippen LogP) is 2.76. The smallest absolute Gasteiger partial charge is 0.245 e. The van der Waals surface area contributed by atoms with Crippen molar-refractivity contribution in [1.29, 1.82) is 0 Å². The van der Waals surface area contributed by atoms with Gasteiger partial charge in [0, 0.05) is 24.2 Å². The fourth-order valence-electron chi connectivity index (χ4n) is 3.07. The highest BCUT2D eigenvalue weighted by Crippen LogP contribution is 2.25. The molecule has 0 aliphatic carbocycles. The van der Waals surface area contributed by atoms with Crippen LogP contribution in [0.2, 0.25) is 0 Å². The Labute approximate surface area is 158 Å². The Morgan fingerprint density at radius 1 is 1.26 bits per heavy atom. The van der Waals surface area contributed by atoms with Gasteiger partial charge in [0.1, 0.15) is 5.75 Å². The summed E-state index contributed by atoms with van der Waals surface area (Å²) >= 11 is 0. The first kappa shape index (κ1) is 18.6. The number of carbonyl (C=O) groups is 2. The second kappa shape index (κ2) is 8.49. The number of amides is 2. The molecule has 0 saturated carbocycles. The lowest BCUT2D eigenvalue weighted by atomic mass is 10.1. The van der Waals surface area contributed by atoms with Crippen molar-refractivity contribution in [2.45, 2.75) is 19.8 Å². The quantitative estimate of drug-likeness (QED) is 0.632. The van der Waals surface area contributed by atoms with Gasteiger partial charge in [0.25, 0.3) is 0 Å². The number of nitrogens with zero attached hydrogens (tertiary/aromatic N) is 2. The highest BCUT2D eigenvalue weighted by Gasteiger charge is 2.35. The molecule has 1 atom stereocenters. The summed E-state index contributed by atoms with van der Waals surface area (Å²) in [6, 6.07) is 15.3. The molecular formula is C21H23N3O3. The molecule has 0 aromatic heterocycles. The number of hydrogen-bond donors (Lipinski definition) is 1. The highest BCUT2D eigenvalue weighted by molar-refractivity contribution is 6.00. The fraction of sp³-hybridized carbons (Fsp3) is 0.286. The molecule has 1 aliphatic heterocycles. The Kier molecular flexibility index (Phi) is 5.86. The van der Waals surface area contributed by atoms with E-state index in [0.717, 1.165) is 17.7 Å². The van der Waals surface area contributed by atoms with E-state index in [1.54, 1.807) is 12.0 Å². The molecule has 3 rings (SSSR count). The number of methoxy groups -OCH3 is 1. The molecule has 27 heavy (non-hydrogen) atoms. The zero-order chi connectivity index (χ0) is 19.2. The van der Waals surface area contributed by atoms with Gasteiger partial charge in [-0.05, 0) is 36.2 Å². The minimum atomic E-state index is -0.418. The average Bonchev–Trinajstić information content (AvgIpc) is 3.10. The van der Waals surface area contributed by atoms with Gasteiger partial charge >= 0.3 is 0 Å².